The molecule has 1 amide bonds. The molecule has 1 N–H and O–H groups in total. The van der Waals surface area contributed by atoms with Crippen molar-refractivity contribution in [3.63, 3.8) is 0 Å². The van der Waals surface area contributed by atoms with Crippen molar-refractivity contribution in [3.8, 4) is 0 Å². The number of nitrogens with one attached hydrogen (secondary N) is 1. The first kappa shape index (κ1) is 14.3. The van der Waals surface area contributed by atoms with E-state index in [2.05, 4.69) is 5.32 Å². The second-order valence-electron chi connectivity index (χ2n) is 7.00. The number of rotatable bonds is 3. The smallest absolute Gasteiger partial charge is 0.230 e. The van der Waals surface area contributed by atoms with Crippen LogP contribution in [0.15, 0.2) is 0 Å². The Labute approximate surface area is 122 Å². The van der Waals surface area contributed by atoms with E-state index in [-0.39, 0.29) is 5.41 Å². The highest BCUT2D eigenvalue weighted by atomic mass is 16.5. The highest BCUT2D eigenvalue weighted by Crippen LogP contribution is 2.45. The number of carbonyl (C=O) groups is 1. The highest BCUT2D eigenvalue weighted by molar-refractivity contribution is 5.83. The molecule has 2 saturated heterocycles. The zero-order valence-corrected chi connectivity index (χ0v) is 12.7. The van der Waals surface area contributed by atoms with Gasteiger partial charge in [0.25, 0.3) is 0 Å². The zero-order valence-electron chi connectivity index (χ0n) is 12.7. The number of hydrogen-bond acceptors (Lipinski definition) is 3. The van der Waals surface area contributed by atoms with Gasteiger partial charge in [0.15, 0.2) is 0 Å². The Bertz CT molecular complexity index is 354. The molecule has 0 aromatic rings. The minimum absolute atomic E-state index is 0.0947. The van der Waals surface area contributed by atoms with Gasteiger partial charge in [-0.1, -0.05) is 12.8 Å². The van der Waals surface area contributed by atoms with Crippen LogP contribution in [-0.4, -0.2) is 50.7 Å². The Morgan fingerprint density at radius 1 is 1.35 bits per heavy atom. The molecule has 2 heterocycles. The lowest BCUT2D eigenvalue weighted by Crippen LogP contribution is -2.50. The fourth-order valence-electron chi connectivity index (χ4n) is 4.47. The van der Waals surface area contributed by atoms with Crippen molar-refractivity contribution in [2.45, 2.75) is 38.5 Å². The monoisotopic (exact) mass is 280 g/mol. The van der Waals surface area contributed by atoms with E-state index < -0.39 is 0 Å². The molecule has 1 aliphatic carbocycles. The molecule has 20 heavy (non-hydrogen) atoms. The van der Waals surface area contributed by atoms with E-state index in [4.69, 9.17) is 4.74 Å². The molecule has 3 rings (SSSR count). The van der Waals surface area contributed by atoms with E-state index in [1.165, 1.54) is 25.7 Å². The summed E-state index contributed by atoms with van der Waals surface area (Å²) in [5, 5.41) is 3.47. The average molecular weight is 280 g/mol. The van der Waals surface area contributed by atoms with Gasteiger partial charge < -0.3 is 15.0 Å². The first-order chi connectivity index (χ1) is 9.72. The summed E-state index contributed by atoms with van der Waals surface area (Å²) >= 11 is 0. The van der Waals surface area contributed by atoms with Crippen molar-refractivity contribution in [1.82, 2.24) is 10.2 Å². The maximum absolute atomic E-state index is 13.0. The van der Waals surface area contributed by atoms with Crippen molar-refractivity contribution >= 4 is 5.91 Å². The van der Waals surface area contributed by atoms with Gasteiger partial charge in [-0.2, -0.15) is 0 Å². The molecular formula is C16H28N2O2. The molecule has 4 nitrogen and oxygen atoms in total. The molecule has 0 bridgehead atoms. The third-order valence-corrected chi connectivity index (χ3v) is 5.60. The van der Waals surface area contributed by atoms with Gasteiger partial charge in [-0.3, -0.25) is 4.79 Å². The van der Waals surface area contributed by atoms with Gasteiger partial charge in [-0.25, -0.2) is 0 Å². The average Bonchev–Trinajstić information content (AvgIpc) is 2.92. The molecule has 1 saturated carbocycles. The van der Waals surface area contributed by atoms with Crippen LogP contribution in [0.2, 0.25) is 0 Å². The van der Waals surface area contributed by atoms with Crippen LogP contribution in [-0.2, 0) is 9.53 Å². The van der Waals surface area contributed by atoms with E-state index in [1.54, 1.807) is 0 Å². The fraction of sp³-hybridized carbons (Fsp3) is 0.938. The van der Waals surface area contributed by atoms with Gasteiger partial charge in [0.2, 0.25) is 5.91 Å². The van der Waals surface area contributed by atoms with Crippen molar-refractivity contribution in [2.24, 2.45) is 17.3 Å². The van der Waals surface area contributed by atoms with Crippen LogP contribution in [0.1, 0.15) is 38.5 Å². The number of fused-ring (bicyclic) bond motifs is 1. The van der Waals surface area contributed by atoms with E-state index >= 15 is 0 Å². The number of hydrogen-bond donors (Lipinski definition) is 1. The Balaban J connectivity index is 1.64. The minimum atomic E-state index is -0.0947. The third-order valence-electron chi connectivity index (χ3n) is 5.60. The summed E-state index contributed by atoms with van der Waals surface area (Å²) in [4.78, 5) is 15.0. The first-order valence-electron chi connectivity index (χ1n) is 8.26. The molecule has 0 aromatic carbocycles. The van der Waals surface area contributed by atoms with Gasteiger partial charge in [-0.05, 0) is 44.1 Å². The van der Waals surface area contributed by atoms with Crippen LogP contribution in [0.4, 0.5) is 0 Å². The van der Waals surface area contributed by atoms with Crippen molar-refractivity contribution in [3.05, 3.63) is 0 Å². The Kier molecular flexibility index (Phi) is 4.32. The third kappa shape index (κ3) is 2.60. The largest absolute Gasteiger partial charge is 0.381 e. The minimum Gasteiger partial charge on any atom is -0.381 e. The summed E-state index contributed by atoms with van der Waals surface area (Å²) in [7, 11) is 2.00. The zero-order chi connectivity index (χ0) is 14.0. The van der Waals surface area contributed by atoms with Crippen LogP contribution < -0.4 is 5.32 Å². The summed E-state index contributed by atoms with van der Waals surface area (Å²) < 4.78 is 5.54. The highest BCUT2D eigenvalue weighted by Gasteiger charge is 2.50. The fourth-order valence-corrected chi connectivity index (χ4v) is 4.47. The second-order valence-corrected chi connectivity index (χ2v) is 7.00. The first-order valence-corrected chi connectivity index (χ1v) is 8.26. The molecule has 0 radical (unpaired) electrons. The molecule has 2 aliphatic heterocycles. The van der Waals surface area contributed by atoms with Crippen molar-refractivity contribution < 1.29 is 9.53 Å². The predicted molar refractivity (Wildman–Crippen MR) is 78.4 cm³/mol. The van der Waals surface area contributed by atoms with Crippen LogP contribution in [0.5, 0.6) is 0 Å². The number of ether oxygens (including phenoxy) is 1. The lowest BCUT2D eigenvalue weighted by Gasteiger charge is -2.40. The van der Waals surface area contributed by atoms with Crippen LogP contribution in [0.25, 0.3) is 0 Å². The Morgan fingerprint density at radius 2 is 2.25 bits per heavy atom. The molecule has 1 unspecified atom stereocenters. The number of nitrogens with zero attached hydrogens (tertiary/aromatic N) is 1. The quantitative estimate of drug-likeness (QED) is 0.855. The van der Waals surface area contributed by atoms with Crippen LogP contribution in [0, 0.1) is 17.3 Å². The van der Waals surface area contributed by atoms with E-state index in [9.17, 15) is 4.79 Å². The normalized spacial score (nSPS) is 37.5. The van der Waals surface area contributed by atoms with Gasteiger partial charge >= 0.3 is 0 Å². The van der Waals surface area contributed by atoms with Crippen LogP contribution in [0.3, 0.4) is 0 Å². The summed E-state index contributed by atoms with van der Waals surface area (Å²) in [6.45, 7) is 4.51. The molecule has 3 aliphatic rings. The van der Waals surface area contributed by atoms with Gasteiger partial charge in [-0.15, -0.1) is 0 Å². The SMILES string of the molecule is CN(CC1CCCOC1)C(=O)[C@@]12CCCC[C@H]1CNC2. The molecular weight excluding hydrogens is 252 g/mol. The molecule has 3 fully saturated rings. The topological polar surface area (TPSA) is 41.6 Å². The van der Waals surface area contributed by atoms with Gasteiger partial charge in [0, 0.05) is 26.7 Å². The van der Waals surface area contributed by atoms with E-state index in [0.717, 1.165) is 45.7 Å². The van der Waals surface area contributed by atoms with E-state index in [1.807, 2.05) is 11.9 Å². The second kappa shape index (κ2) is 6.02. The maximum atomic E-state index is 13.0. The number of amides is 1. The Hall–Kier alpha value is -0.610. The Morgan fingerprint density at radius 3 is 3.05 bits per heavy atom. The van der Waals surface area contributed by atoms with Gasteiger partial charge in [0.1, 0.15) is 0 Å². The maximum Gasteiger partial charge on any atom is 0.230 e. The molecule has 3 atom stereocenters. The lowest BCUT2D eigenvalue weighted by atomic mass is 9.67. The summed E-state index contributed by atoms with van der Waals surface area (Å²) in [5.41, 5.74) is -0.0947. The molecule has 0 spiro atoms. The number of carbonyl (C=O) groups excluding carboxylic acids is 1. The van der Waals surface area contributed by atoms with Crippen LogP contribution >= 0.6 is 0 Å². The molecule has 0 aromatic heterocycles. The summed E-state index contributed by atoms with van der Waals surface area (Å²) in [6.07, 6.45) is 7.15. The van der Waals surface area contributed by atoms with Gasteiger partial charge in [0.05, 0.1) is 12.0 Å². The molecule has 114 valence electrons. The van der Waals surface area contributed by atoms with Crippen molar-refractivity contribution in [1.29, 1.82) is 0 Å². The van der Waals surface area contributed by atoms with Crippen molar-refractivity contribution in [2.75, 3.05) is 39.9 Å². The predicted octanol–water partition coefficient (Wildman–Crippen LogP) is 1.65. The lowest BCUT2D eigenvalue weighted by molar-refractivity contribution is -0.145. The summed E-state index contributed by atoms with van der Waals surface area (Å²) in [5.74, 6) is 1.48. The van der Waals surface area contributed by atoms with E-state index in [0.29, 0.717) is 17.7 Å². The molecule has 4 heteroatoms. The summed E-state index contributed by atoms with van der Waals surface area (Å²) in [6, 6.07) is 0. The standard InChI is InChI=1S/C16H28N2O2/c1-18(10-13-5-4-8-20-11-13)15(19)16-7-3-2-6-14(16)9-17-12-16/h13-14,17H,2-12H2,1H3/t13?,14-,16+/m0/s1.